The fourth-order valence-corrected chi connectivity index (χ4v) is 1.71. The SMILES string of the molecule is CCOc1c(Cl)cc(NC(C)=O)cc1Cl. The van der Waals surface area contributed by atoms with Gasteiger partial charge in [-0.25, -0.2) is 0 Å². The van der Waals surface area contributed by atoms with E-state index in [4.69, 9.17) is 27.9 Å². The highest BCUT2D eigenvalue weighted by Gasteiger charge is 2.09. The number of carbonyl (C=O) groups excluding carboxylic acids is 1. The van der Waals surface area contributed by atoms with E-state index in [1.54, 1.807) is 12.1 Å². The van der Waals surface area contributed by atoms with Crippen molar-refractivity contribution in [1.82, 2.24) is 0 Å². The topological polar surface area (TPSA) is 38.3 Å². The van der Waals surface area contributed by atoms with Gasteiger partial charge in [0.05, 0.1) is 16.7 Å². The van der Waals surface area contributed by atoms with Gasteiger partial charge in [0.15, 0.2) is 5.75 Å². The van der Waals surface area contributed by atoms with E-state index in [0.29, 0.717) is 28.1 Å². The Balaban J connectivity index is 3.02. The van der Waals surface area contributed by atoms with Crippen LogP contribution >= 0.6 is 23.2 Å². The molecule has 0 saturated carbocycles. The Bertz CT molecular complexity index is 357. The van der Waals surface area contributed by atoms with Crippen molar-refractivity contribution in [1.29, 1.82) is 0 Å². The molecule has 1 N–H and O–H groups in total. The molecule has 0 aliphatic rings. The first-order chi connectivity index (χ1) is 7.04. The highest BCUT2D eigenvalue weighted by Crippen LogP contribution is 2.35. The van der Waals surface area contributed by atoms with E-state index in [-0.39, 0.29) is 5.91 Å². The molecule has 0 aliphatic heterocycles. The molecule has 15 heavy (non-hydrogen) atoms. The number of ether oxygens (including phenoxy) is 1. The van der Waals surface area contributed by atoms with Crippen LogP contribution < -0.4 is 10.1 Å². The van der Waals surface area contributed by atoms with Crippen molar-refractivity contribution in [3.8, 4) is 5.75 Å². The van der Waals surface area contributed by atoms with Gasteiger partial charge in [0.1, 0.15) is 0 Å². The molecule has 0 aliphatic carbocycles. The normalized spacial score (nSPS) is 9.87. The zero-order chi connectivity index (χ0) is 11.4. The van der Waals surface area contributed by atoms with Crippen LogP contribution in [0.1, 0.15) is 13.8 Å². The van der Waals surface area contributed by atoms with Gasteiger partial charge in [-0.05, 0) is 19.1 Å². The van der Waals surface area contributed by atoms with E-state index < -0.39 is 0 Å². The van der Waals surface area contributed by atoms with Crippen LogP contribution in [0.15, 0.2) is 12.1 Å². The van der Waals surface area contributed by atoms with Gasteiger partial charge in [0, 0.05) is 12.6 Å². The molecule has 3 nitrogen and oxygen atoms in total. The van der Waals surface area contributed by atoms with Crippen molar-refractivity contribution in [2.45, 2.75) is 13.8 Å². The summed E-state index contributed by atoms with van der Waals surface area (Å²) in [5.41, 5.74) is 0.556. The zero-order valence-corrected chi connectivity index (χ0v) is 9.95. The molecule has 0 spiro atoms. The maximum absolute atomic E-state index is 10.8. The van der Waals surface area contributed by atoms with Crippen molar-refractivity contribution in [3.63, 3.8) is 0 Å². The summed E-state index contributed by atoms with van der Waals surface area (Å²) in [5, 5.41) is 3.36. The molecule has 5 heteroatoms. The molecule has 0 fully saturated rings. The molecule has 1 rings (SSSR count). The minimum Gasteiger partial charge on any atom is -0.491 e. The minimum atomic E-state index is -0.175. The number of carbonyl (C=O) groups is 1. The third-order valence-electron chi connectivity index (χ3n) is 1.61. The van der Waals surface area contributed by atoms with E-state index in [1.807, 2.05) is 6.92 Å². The van der Waals surface area contributed by atoms with Gasteiger partial charge in [-0.2, -0.15) is 0 Å². The molecule has 1 amide bonds. The van der Waals surface area contributed by atoms with Crippen LogP contribution in [0.25, 0.3) is 0 Å². The van der Waals surface area contributed by atoms with E-state index in [2.05, 4.69) is 5.32 Å². The van der Waals surface area contributed by atoms with Crippen LogP contribution in [0.4, 0.5) is 5.69 Å². The Labute approximate surface area is 98.3 Å². The van der Waals surface area contributed by atoms with Crippen molar-refractivity contribution < 1.29 is 9.53 Å². The monoisotopic (exact) mass is 247 g/mol. The first-order valence-electron chi connectivity index (χ1n) is 4.44. The molecule has 0 radical (unpaired) electrons. The summed E-state index contributed by atoms with van der Waals surface area (Å²) >= 11 is 11.9. The molecule has 1 aromatic rings. The van der Waals surface area contributed by atoms with Crippen LogP contribution in [0.3, 0.4) is 0 Å². The van der Waals surface area contributed by atoms with Crippen LogP contribution in [-0.2, 0) is 4.79 Å². The van der Waals surface area contributed by atoms with E-state index >= 15 is 0 Å². The van der Waals surface area contributed by atoms with Crippen LogP contribution in [0, 0.1) is 0 Å². The third-order valence-corrected chi connectivity index (χ3v) is 2.17. The quantitative estimate of drug-likeness (QED) is 0.890. The number of nitrogens with one attached hydrogen (secondary N) is 1. The smallest absolute Gasteiger partial charge is 0.221 e. The highest BCUT2D eigenvalue weighted by molar-refractivity contribution is 6.37. The Hall–Kier alpha value is -0.930. The number of halogens is 2. The van der Waals surface area contributed by atoms with Crippen molar-refractivity contribution in [2.24, 2.45) is 0 Å². The Morgan fingerprint density at radius 3 is 2.33 bits per heavy atom. The van der Waals surface area contributed by atoms with E-state index in [1.165, 1.54) is 6.92 Å². The molecule has 0 saturated heterocycles. The minimum absolute atomic E-state index is 0.175. The molecule has 0 atom stereocenters. The molecule has 82 valence electrons. The standard InChI is InChI=1S/C10H11Cl2NO2/c1-3-15-10-8(11)4-7(5-9(10)12)13-6(2)14/h4-5H,3H2,1-2H3,(H,13,14). The summed E-state index contributed by atoms with van der Waals surface area (Å²) in [7, 11) is 0. The summed E-state index contributed by atoms with van der Waals surface area (Å²) in [4.78, 5) is 10.8. The van der Waals surface area contributed by atoms with Gasteiger partial charge in [0.2, 0.25) is 5.91 Å². The fraction of sp³-hybridized carbons (Fsp3) is 0.300. The van der Waals surface area contributed by atoms with Crippen molar-refractivity contribution >= 4 is 34.8 Å². The second kappa shape index (κ2) is 5.24. The first kappa shape index (κ1) is 12.1. The van der Waals surface area contributed by atoms with Gasteiger partial charge < -0.3 is 10.1 Å². The lowest BCUT2D eigenvalue weighted by Gasteiger charge is -2.10. The maximum atomic E-state index is 10.8. The van der Waals surface area contributed by atoms with Gasteiger partial charge in [-0.3, -0.25) is 4.79 Å². The van der Waals surface area contributed by atoms with Gasteiger partial charge in [-0.1, -0.05) is 23.2 Å². The molecular formula is C10H11Cl2NO2. The van der Waals surface area contributed by atoms with Crippen LogP contribution in [0.5, 0.6) is 5.75 Å². The molecule has 0 bridgehead atoms. The summed E-state index contributed by atoms with van der Waals surface area (Å²) in [6.07, 6.45) is 0. The molecular weight excluding hydrogens is 237 g/mol. The molecule has 0 unspecified atom stereocenters. The second-order valence-electron chi connectivity index (χ2n) is 2.88. The largest absolute Gasteiger partial charge is 0.491 e. The predicted octanol–water partition coefficient (Wildman–Crippen LogP) is 3.35. The molecule has 0 heterocycles. The maximum Gasteiger partial charge on any atom is 0.221 e. The van der Waals surface area contributed by atoms with Crippen LogP contribution in [0.2, 0.25) is 10.0 Å². The van der Waals surface area contributed by atoms with E-state index in [0.717, 1.165) is 0 Å². The lowest BCUT2D eigenvalue weighted by Crippen LogP contribution is -2.06. The highest BCUT2D eigenvalue weighted by atomic mass is 35.5. The molecule has 1 aromatic carbocycles. The van der Waals surface area contributed by atoms with Gasteiger partial charge in [0.25, 0.3) is 0 Å². The third kappa shape index (κ3) is 3.29. The summed E-state index contributed by atoms with van der Waals surface area (Å²) < 4.78 is 5.25. The first-order valence-corrected chi connectivity index (χ1v) is 5.19. The number of hydrogen-bond acceptors (Lipinski definition) is 2. The summed E-state index contributed by atoms with van der Waals surface area (Å²) in [5.74, 6) is 0.265. The lowest BCUT2D eigenvalue weighted by molar-refractivity contribution is -0.114. The Morgan fingerprint density at radius 1 is 1.40 bits per heavy atom. The van der Waals surface area contributed by atoms with Gasteiger partial charge >= 0.3 is 0 Å². The number of hydrogen-bond donors (Lipinski definition) is 1. The number of amides is 1. The number of anilines is 1. The van der Waals surface area contributed by atoms with Crippen molar-refractivity contribution in [2.75, 3.05) is 11.9 Å². The Kier molecular flexibility index (Phi) is 4.24. The summed E-state index contributed by atoms with van der Waals surface area (Å²) in [6.45, 7) is 3.74. The van der Waals surface area contributed by atoms with Crippen LogP contribution in [-0.4, -0.2) is 12.5 Å². The van der Waals surface area contributed by atoms with E-state index in [9.17, 15) is 4.79 Å². The molecule has 0 aromatic heterocycles. The number of rotatable bonds is 3. The summed E-state index contributed by atoms with van der Waals surface area (Å²) in [6, 6.07) is 3.19. The predicted molar refractivity (Wildman–Crippen MR) is 61.9 cm³/mol. The second-order valence-corrected chi connectivity index (χ2v) is 3.70. The van der Waals surface area contributed by atoms with Gasteiger partial charge in [-0.15, -0.1) is 0 Å². The lowest BCUT2D eigenvalue weighted by atomic mass is 10.3. The zero-order valence-electron chi connectivity index (χ0n) is 8.43. The fourth-order valence-electron chi connectivity index (χ4n) is 1.12. The Morgan fingerprint density at radius 2 is 1.93 bits per heavy atom. The number of benzene rings is 1. The van der Waals surface area contributed by atoms with Crippen molar-refractivity contribution in [3.05, 3.63) is 22.2 Å². The average molecular weight is 248 g/mol. The average Bonchev–Trinajstić information content (AvgIpc) is 2.10.